The first kappa shape index (κ1) is 16.0. The molecule has 1 atom stereocenters. The van der Waals surface area contributed by atoms with Crippen molar-refractivity contribution in [1.82, 2.24) is 0 Å². The fourth-order valence-corrected chi connectivity index (χ4v) is 3.38. The molecule has 0 aliphatic carbocycles. The van der Waals surface area contributed by atoms with E-state index in [9.17, 15) is 8.42 Å². The maximum absolute atomic E-state index is 12.1. The smallest absolute Gasteiger partial charge is 0.180 e. The molecular weight excluding hydrogens is 260 g/mol. The number of para-hydroxylation sites is 1. The predicted octanol–water partition coefficient (Wildman–Crippen LogP) is 2.41. The van der Waals surface area contributed by atoms with Crippen LogP contribution in [0.3, 0.4) is 0 Å². The van der Waals surface area contributed by atoms with E-state index in [1.54, 1.807) is 18.2 Å². The molecule has 1 aromatic rings. The van der Waals surface area contributed by atoms with Crippen molar-refractivity contribution in [2.75, 3.05) is 17.6 Å². The summed E-state index contributed by atoms with van der Waals surface area (Å²) in [5.74, 6) is 0.181. The molecule has 0 radical (unpaired) electrons. The highest BCUT2D eigenvalue weighted by Gasteiger charge is 2.17. The number of nitrogens with one attached hydrogen (secondary N) is 1. The third-order valence-electron chi connectivity index (χ3n) is 3.05. The molecular formula is C14H24N2O2S. The first-order valence-corrected chi connectivity index (χ1v) is 8.47. The van der Waals surface area contributed by atoms with Gasteiger partial charge in [0.1, 0.15) is 0 Å². The molecule has 0 saturated carbocycles. The first-order valence-electron chi connectivity index (χ1n) is 6.82. The average Bonchev–Trinajstić information content (AvgIpc) is 2.39. The highest BCUT2D eigenvalue weighted by atomic mass is 32.2. The summed E-state index contributed by atoms with van der Waals surface area (Å²) in [6.45, 7) is 4.60. The van der Waals surface area contributed by atoms with Crippen molar-refractivity contribution in [3.63, 3.8) is 0 Å². The van der Waals surface area contributed by atoms with Crippen molar-refractivity contribution >= 4 is 15.5 Å². The Kier molecular flexibility index (Phi) is 6.31. The zero-order chi connectivity index (χ0) is 14.3. The molecule has 0 saturated heterocycles. The minimum Gasteiger partial charge on any atom is -0.384 e. The van der Waals surface area contributed by atoms with Gasteiger partial charge in [-0.1, -0.05) is 26.0 Å². The molecule has 1 aromatic carbocycles. The average molecular weight is 284 g/mol. The van der Waals surface area contributed by atoms with E-state index in [1.807, 2.05) is 19.9 Å². The van der Waals surface area contributed by atoms with Crippen molar-refractivity contribution in [1.29, 1.82) is 0 Å². The molecule has 0 aliphatic heterocycles. The Morgan fingerprint density at radius 1 is 1.26 bits per heavy atom. The normalized spacial score (nSPS) is 13.2. The molecule has 3 N–H and O–H groups in total. The maximum Gasteiger partial charge on any atom is 0.180 e. The Hall–Kier alpha value is -1.07. The monoisotopic (exact) mass is 284 g/mol. The Bertz CT molecular complexity index is 486. The van der Waals surface area contributed by atoms with Gasteiger partial charge in [-0.15, -0.1) is 0 Å². The summed E-state index contributed by atoms with van der Waals surface area (Å²) in [5, 5.41) is 3.18. The predicted molar refractivity (Wildman–Crippen MR) is 80.2 cm³/mol. The molecule has 1 rings (SSSR count). The van der Waals surface area contributed by atoms with Crippen LogP contribution in [0.25, 0.3) is 0 Å². The summed E-state index contributed by atoms with van der Waals surface area (Å²) in [6, 6.07) is 7.22. The third kappa shape index (κ3) is 4.84. The molecule has 0 heterocycles. The van der Waals surface area contributed by atoms with Crippen LogP contribution in [0.15, 0.2) is 29.2 Å². The van der Waals surface area contributed by atoms with Crippen molar-refractivity contribution < 1.29 is 8.42 Å². The topological polar surface area (TPSA) is 72.2 Å². The molecule has 0 amide bonds. The van der Waals surface area contributed by atoms with Gasteiger partial charge in [0.25, 0.3) is 0 Å². The van der Waals surface area contributed by atoms with Gasteiger partial charge in [0.2, 0.25) is 0 Å². The minimum atomic E-state index is -3.19. The lowest BCUT2D eigenvalue weighted by Gasteiger charge is -2.14. The number of hydrogen-bond acceptors (Lipinski definition) is 4. The first-order chi connectivity index (χ1) is 9.01. The lowest BCUT2D eigenvalue weighted by atomic mass is 10.2. The Balaban J connectivity index is 2.79. The van der Waals surface area contributed by atoms with Gasteiger partial charge in [-0.3, -0.25) is 0 Å². The maximum atomic E-state index is 12.1. The molecule has 0 fully saturated rings. The van der Waals surface area contributed by atoms with Gasteiger partial charge in [-0.05, 0) is 31.4 Å². The largest absolute Gasteiger partial charge is 0.384 e. The van der Waals surface area contributed by atoms with Gasteiger partial charge < -0.3 is 11.1 Å². The minimum absolute atomic E-state index is 0.159. The highest BCUT2D eigenvalue weighted by Crippen LogP contribution is 2.22. The number of nitrogens with two attached hydrogens (primary N) is 1. The SMILES string of the molecule is CCCS(=O)(=O)c1ccccc1NCCC(N)CC. The Morgan fingerprint density at radius 3 is 2.58 bits per heavy atom. The van der Waals surface area contributed by atoms with Crippen LogP contribution in [0.5, 0.6) is 0 Å². The van der Waals surface area contributed by atoms with Gasteiger partial charge in [0.05, 0.1) is 16.3 Å². The van der Waals surface area contributed by atoms with Crippen molar-refractivity contribution in [2.45, 2.75) is 44.0 Å². The summed E-state index contributed by atoms with van der Waals surface area (Å²) in [4.78, 5) is 0.391. The van der Waals surface area contributed by atoms with Crippen LogP contribution in [-0.4, -0.2) is 26.8 Å². The van der Waals surface area contributed by atoms with Gasteiger partial charge in [-0.25, -0.2) is 8.42 Å². The van der Waals surface area contributed by atoms with E-state index in [0.717, 1.165) is 12.8 Å². The van der Waals surface area contributed by atoms with Crippen molar-refractivity contribution in [3.05, 3.63) is 24.3 Å². The summed E-state index contributed by atoms with van der Waals surface area (Å²) >= 11 is 0. The van der Waals surface area contributed by atoms with Crippen LogP contribution in [0.2, 0.25) is 0 Å². The van der Waals surface area contributed by atoms with Gasteiger partial charge in [0.15, 0.2) is 9.84 Å². The van der Waals surface area contributed by atoms with Crippen LogP contribution >= 0.6 is 0 Å². The molecule has 5 heteroatoms. The number of anilines is 1. The third-order valence-corrected chi connectivity index (χ3v) is 5.02. The molecule has 0 aliphatic rings. The van der Waals surface area contributed by atoms with Crippen molar-refractivity contribution in [3.8, 4) is 0 Å². The lowest BCUT2D eigenvalue weighted by Crippen LogP contribution is -2.22. The second-order valence-corrected chi connectivity index (χ2v) is 6.78. The molecule has 0 aromatic heterocycles. The highest BCUT2D eigenvalue weighted by molar-refractivity contribution is 7.91. The number of hydrogen-bond donors (Lipinski definition) is 2. The van der Waals surface area contributed by atoms with E-state index in [-0.39, 0.29) is 11.8 Å². The molecule has 1 unspecified atom stereocenters. The summed E-state index contributed by atoms with van der Waals surface area (Å²) < 4.78 is 24.3. The van der Waals surface area contributed by atoms with Gasteiger partial charge >= 0.3 is 0 Å². The number of benzene rings is 1. The summed E-state index contributed by atoms with van der Waals surface area (Å²) in [6.07, 6.45) is 2.38. The van der Waals surface area contributed by atoms with E-state index in [2.05, 4.69) is 5.32 Å². The summed E-state index contributed by atoms with van der Waals surface area (Å²) in [5.41, 5.74) is 6.53. The zero-order valence-corrected chi connectivity index (χ0v) is 12.5. The number of rotatable bonds is 8. The Morgan fingerprint density at radius 2 is 1.95 bits per heavy atom. The lowest BCUT2D eigenvalue weighted by molar-refractivity contribution is 0.594. The molecule has 4 nitrogen and oxygen atoms in total. The van der Waals surface area contributed by atoms with Crippen LogP contribution in [0.1, 0.15) is 33.1 Å². The van der Waals surface area contributed by atoms with Crippen LogP contribution in [-0.2, 0) is 9.84 Å². The van der Waals surface area contributed by atoms with E-state index < -0.39 is 9.84 Å². The van der Waals surface area contributed by atoms with Crippen LogP contribution in [0, 0.1) is 0 Å². The zero-order valence-electron chi connectivity index (χ0n) is 11.7. The van der Waals surface area contributed by atoms with Crippen LogP contribution < -0.4 is 11.1 Å². The van der Waals surface area contributed by atoms with E-state index in [0.29, 0.717) is 23.5 Å². The Labute approximate surface area is 116 Å². The van der Waals surface area contributed by atoms with Crippen molar-refractivity contribution in [2.24, 2.45) is 5.73 Å². The van der Waals surface area contributed by atoms with Gasteiger partial charge in [-0.2, -0.15) is 0 Å². The summed E-state index contributed by atoms with van der Waals surface area (Å²) in [7, 11) is -3.19. The molecule has 19 heavy (non-hydrogen) atoms. The standard InChI is InChI=1S/C14H24N2O2S/c1-3-11-19(17,18)14-8-6-5-7-13(14)16-10-9-12(15)4-2/h5-8,12,16H,3-4,9-11,15H2,1-2H3. The fourth-order valence-electron chi connectivity index (χ4n) is 1.86. The fraction of sp³-hybridized carbons (Fsp3) is 0.571. The van der Waals surface area contributed by atoms with E-state index in [4.69, 9.17) is 5.73 Å². The molecule has 0 spiro atoms. The van der Waals surface area contributed by atoms with Crippen LogP contribution in [0.4, 0.5) is 5.69 Å². The quantitative estimate of drug-likeness (QED) is 0.769. The molecule has 0 bridgehead atoms. The second-order valence-electron chi connectivity index (χ2n) is 4.70. The second kappa shape index (κ2) is 7.50. The van der Waals surface area contributed by atoms with E-state index >= 15 is 0 Å². The number of sulfone groups is 1. The van der Waals surface area contributed by atoms with Gasteiger partial charge in [0, 0.05) is 12.6 Å². The molecule has 108 valence electrons. The van der Waals surface area contributed by atoms with E-state index in [1.165, 1.54) is 0 Å².